The third kappa shape index (κ3) is 3.45. The van der Waals surface area contributed by atoms with Crippen LogP contribution in [0.25, 0.3) is 15.9 Å². The van der Waals surface area contributed by atoms with Gasteiger partial charge in [0.2, 0.25) is 0 Å². The smallest absolute Gasteiger partial charge is 0.336 e. The van der Waals surface area contributed by atoms with E-state index in [1.54, 1.807) is 22.8 Å². The Kier molecular flexibility index (Phi) is 4.98. The van der Waals surface area contributed by atoms with Crippen LogP contribution in [0.5, 0.6) is 11.5 Å². The molecule has 2 aromatic heterocycles. The zero-order chi connectivity index (χ0) is 20.5. The maximum absolute atomic E-state index is 13.4. The molecule has 0 aliphatic rings. The van der Waals surface area contributed by atoms with Crippen molar-refractivity contribution in [2.75, 3.05) is 14.2 Å². The summed E-state index contributed by atoms with van der Waals surface area (Å²) >= 11 is 1.32. The summed E-state index contributed by atoms with van der Waals surface area (Å²) in [6.07, 6.45) is 0. The second-order valence-corrected chi connectivity index (χ2v) is 7.62. The van der Waals surface area contributed by atoms with Crippen LogP contribution in [0.15, 0.2) is 63.5 Å². The summed E-state index contributed by atoms with van der Waals surface area (Å²) < 4.78 is 14.0. The van der Waals surface area contributed by atoms with Gasteiger partial charge in [0.25, 0.3) is 5.56 Å². The van der Waals surface area contributed by atoms with Crippen molar-refractivity contribution < 1.29 is 9.47 Å². The molecule has 0 fully saturated rings. The maximum Gasteiger partial charge on any atom is 0.336 e. The van der Waals surface area contributed by atoms with Gasteiger partial charge < -0.3 is 9.47 Å². The lowest BCUT2D eigenvalue weighted by molar-refractivity contribution is 0.394. The van der Waals surface area contributed by atoms with Gasteiger partial charge >= 0.3 is 5.69 Å². The summed E-state index contributed by atoms with van der Waals surface area (Å²) in [5, 5.41) is 1.83. The zero-order valence-electron chi connectivity index (χ0n) is 16.3. The monoisotopic (exact) mass is 408 g/mol. The van der Waals surface area contributed by atoms with E-state index in [4.69, 9.17) is 9.47 Å². The molecule has 0 saturated heterocycles. The number of rotatable bonds is 5. The number of aromatic nitrogens is 2. The van der Waals surface area contributed by atoms with Crippen LogP contribution in [0.2, 0.25) is 0 Å². The Labute approximate surface area is 171 Å². The molecule has 4 rings (SSSR count). The highest BCUT2D eigenvalue weighted by Crippen LogP contribution is 2.25. The van der Waals surface area contributed by atoms with Crippen LogP contribution in [-0.4, -0.2) is 23.4 Å². The largest absolute Gasteiger partial charge is 0.497 e. The van der Waals surface area contributed by atoms with Crippen molar-refractivity contribution in [2.45, 2.75) is 13.5 Å². The Morgan fingerprint density at radius 3 is 2.34 bits per heavy atom. The molecule has 0 amide bonds. The first-order valence-electron chi connectivity index (χ1n) is 9.04. The van der Waals surface area contributed by atoms with E-state index >= 15 is 0 Å². The van der Waals surface area contributed by atoms with E-state index in [2.05, 4.69) is 0 Å². The minimum Gasteiger partial charge on any atom is -0.497 e. The van der Waals surface area contributed by atoms with Gasteiger partial charge in [0.1, 0.15) is 16.2 Å². The van der Waals surface area contributed by atoms with Gasteiger partial charge in [-0.1, -0.05) is 29.8 Å². The van der Waals surface area contributed by atoms with Crippen LogP contribution < -0.4 is 20.7 Å². The fourth-order valence-electron chi connectivity index (χ4n) is 3.38. The molecule has 0 aliphatic carbocycles. The Morgan fingerprint density at radius 2 is 1.69 bits per heavy atom. The highest BCUT2D eigenvalue weighted by Gasteiger charge is 2.17. The van der Waals surface area contributed by atoms with E-state index < -0.39 is 5.69 Å². The lowest BCUT2D eigenvalue weighted by Gasteiger charge is -2.14. The Balaban J connectivity index is 1.99. The number of ether oxygens (including phenoxy) is 2. The van der Waals surface area contributed by atoms with Crippen LogP contribution in [0.3, 0.4) is 0 Å². The first-order chi connectivity index (χ1) is 14.0. The van der Waals surface area contributed by atoms with E-state index in [9.17, 15) is 9.59 Å². The van der Waals surface area contributed by atoms with Crippen molar-refractivity contribution in [3.05, 3.63) is 85.9 Å². The second-order valence-electron chi connectivity index (χ2n) is 6.70. The van der Waals surface area contributed by atoms with Crippen molar-refractivity contribution in [1.82, 2.24) is 9.13 Å². The van der Waals surface area contributed by atoms with E-state index in [1.807, 2.05) is 42.6 Å². The van der Waals surface area contributed by atoms with Gasteiger partial charge in [0.05, 0.1) is 32.0 Å². The summed E-state index contributed by atoms with van der Waals surface area (Å²) in [5.74, 6) is 1.00. The predicted molar refractivity (Wildman–Crippen MR) is 115 cm³/mol. The molecule has 148 valence electrons. The molecule has 2 heterocycles. The highest BCUT2D eigenvalue weighted by atomic mass is 32.1. The first kappa shape index (κ1) is 19.0. The van der Waals surface area contributed by atoms with Crippen molar-refractivity contribution in [3.8, 4) is 17.2 Å². The molecule has 0 aliphatic heterocycles. The predicted octanol–water partition coefficient (Wildman–Crippen LogP) is 3.59. The second kappa shape index (κ2) is 7.60. The number of thiophene rings is 1. The van der Waals surface area contributed by atoms with E-state index in [0.29, 0.717) is 33.9 Å². The van der Waals surface area contributed by atoms with E-state index in [-0.39, 0.29) is 5.56 Å². The van der Waals surface area contributed by atoms with Crippen LogP contribution >= 0.6 is 11.3 Å². The number of fused-ring (bicyclic) bond motifs is 1. The molecule has 6 nitrogen and oxygen atoms in total. The molecular weight excluding hydrogens is 388 g/mol. The number of methoxy groups -OCH3 is 2. The molecule has 0 saturated carbocycles. The van der Waals surface area contributed by atoms with Crippen LogP contribution in [0.4, 0.5) is 0 Å². The number of benzene rings is 2. The number of aryl methyl sites for hydroxylation is 1. The maximum atomic E-state index is 13.4. The number of nitrogens with zero attached hydrogens (tertiary/aromatic N) is 2. The van der Waals surface area contributed by atoms with E-state index in [1.165, 1.54) is 30.1 Å². The lowest BCUT2D eigenvalue weighted by atomic mass is 10.1. The molecule has 29 heavy (non-hydrogen) atoms. The van der Waals surface area contributed by atoms with Gasteiger partial charge in [-0.2, -0.15) is 0 Å². The fraction of sp³-hybridized carbons (Fsp3) is 0.182. The molecule has 0 atom stereocenters. The van der Waals surface area contributed by atoms with E-state index in [0.717, 1.165) is 11.1 Å². The summed E-state index contributed by atoms with van der Waals surface area (Å²) in [7, 11) is 3.06. The lowest BCUT2D eigenvalue weighted by Crippen LogP contribution is -2.38. The van der Waals surface area contributed by atoms with Crippen molar-refractivity contribution in [1.29, 1.82) is 0 Å². The van der Waals surface area contributed by atoms with Gasteiger partial charge in [-0.15, -0.1) is 11.3 Å². The third-order valence-electron chi connectivity index (χ3n) is 4.77. The topological polar surface area (TPSA) is 62.5 Å². The summed E-state index contributed by atoms with van der Waals surface area (Å²) in [6.45, 7) is 2.38. The Morgan fingerprint density at radius 1 is 0.966 bits per heavy atom. The molecule has 0 spiro atoms. The third-order valence-corrected chi connectivity index (χ3v) is 5.66. The Hall–Kier alpha value is -3.32. The van der Waals surface area contributed by atoms with Gasteiger partial charge in [-0.05, 0) is 23.9 Å². The molecule has 2 aromatic carbocycles. The minimum absolute atomic E-state index is 0.351. The van der Waals surface area contributed by atoms with Crippen LogP contribution in [0.1, 0.15) is 11.1 Å². The van der Waals surface area contributed by atoms with Gasteiger partial charge in [-0.3, -0.25) is 9.36 Å². The van der Waals surface area contributed by atoms with Crippen molar-refractivity contribution in [3.63, 3.8) is 0 Å². The summed E-state index contributed by atoms with van der Waals surface area (Å²) in [5.41, 5.74) is 2.40. The molecular formula is C22H20N2O4S. The molecule has 0 bridgehead atoms. The summed E-state index contributed by atoms with van der Waals surface area (Å²) in [4.78, 5) is 26.6. The first-order valence-corrected chi connectivity index (χ1v) is 9.92. The van der Waals surface area contributed by atoms with Gasteiger partial charge in [0, 0.05) is 18.2 Å². The minimum atomic E-state index is -0.405. The molecule has 0 radical (unpaired) electrons. The molecule has 7 heteroatoms. The zero-order valence-corrected chi connectivity index (χ0v) is 17.2. The normalized spacial score (nSPS) is 11.0. The SMILES string of the molecule is COc1cc(OC)cc(-n2c(=O)c3sccc3n(Cc3cccc(C)c3)c2=O)c1. The average molecular weight is 408 g/mol. The van der Waals surface area contributed by atoms with Crippen LogP contribution in [0, 0.1) is 6.92 Å². The van der Waals surface area contributed by atoms with Gasteiger partial charge in [-0.25, -0.2) is 9.36 Å². The quantitative estimate of drug-likeness (QED) is 0.506. The average Bonchev–Trinajstić information content (AvgIpc) is 3.21. The number of hydrogen-bond acceptors (Lipinski definition) is 5. The van der Waals surface area contributed by atoms with Crippen LogP contribution in [-0.2, 0) is 6.54 Å². The van der Waals surface area contributed by atoms with Gasteiger partial charge in [0.15, 0.2) is 0 Å². The van der Waals surface area contributed by atoms with Crippen molar-refractivity contribution in [2.24, 2.45) is 0 Å². The Bertz CT molecular complexity index is 1290. The highest BCUT2D eigenvalue weighted by molar-refractivity contribution is 7.17. The fourth-order valence-corrected chi connectivity index (χ4v) is 4.21. The number of hydrogen-bond donors (Lipinski definition) is 0. The standard InChI is InChI=1S/C22H20N2O4S/c1-14-5-4-6-15(9-14)13-23-19-7-8-29-20(19)21(25)24(22(23)26)16-10-17(27-2)12-18(11-16)28-3/h4-12H,13H2,1-3H3. The van der Waals surface area contributed by atoms with Crippen molar-refractivity contribution >= 4 is 21.6 Å². The summed E-state index contributed by atoms with van der Waals surface area (Å²) in [6, 6.07) is 14.8. The molecule has 0 unspecified atom stereocenters. The molecule has 4 aromatic rings. The molecule has 0 N–H and O–H groups in total.